The van der Waals surface area contributed by atoms with Gasteiger partial charge in [-0.05, 0) is 78.3 Å². The molecule has 0 bridgehead atoms. The van der Waals surface area contributed by atoms with Crippen LogP contribution in [-0.4, -0.2) is 53.8 Å². The molecule has 7 heteroatoms. The second-order valence-corrected chi connectivity index (χ2v) is 8.13. The Balaban J connectivity index is 0.000000268. The van der Waals surface area contributed by atoms with Crippen LogP contribution in [0.15, 0.2) is 41.5 Å². The van der Waals surface area contributed by atoms with Gasteiger partial charge < -0.3 is 15.0 Å². The lowest BCUT2D eigenvalue weighted by molar-refractivity contribution is 0.111. The first-order valence-electron chi connectivity index (χ1n) is 12.7. The zero-order valence-electron chi connectivity index (χ0n) is 23.2. The minimum absolute atomic E-state index is 0.500. The normalized spacial score (nSPS) is 14.9. The van der Waals surface area contributed by atoms with Gasteiger partial charge in [-0.25, -0.2) is 9.97 Å². The van der Waals surface area contributed by atoms with Gasteiger partial charge in [0, 0.05) is 36.5 Å². The Morgan fingerprint density at radius 1 is 1.22 bits per heavy atom. The molecule has 7 nitrogen and oxygen atoms in total. The zero-order valence-corrected chi connectivity index (χ0v) is 23.2. The number of hydrogen-bond acceptors (Lipinski definition) is 6. The number of rotatable bonds is 5. The van der Waals surface area contributed by atoms with Crippen LogP contribution in [0, 0.1) is 20.8 Å². The largest absolute Gasteiger partial charge is 0.377 e. The molecule has 0 spiro atoms. The first-order chi connectivity index (χ1) is 17.4. The summed E-state index contributed by atoms with van der Waals surface area (Å²) < 4.78 is 5.33. The van der Waals surface area contributed by atoms with Crippen molar-refractivity contribution in [1.82, 2.24) is 20.3 Å². The molecule has 2 N–H and O–H groups in total. The molecule has 4 rings (SSSR count). The van der Waals surface area contributed by atoms with Crippen molar-refractivity contribution in [2.75, 3.05) is 20.2 Å². The van der Waals surface area contributed by atoms with Crippen molar-refractivity contribution in [3.05, 3.63) is 64.9 Å². The van der Waals surface area contributed by atoms with Gasteiger partial charge in [0.15, 0.2) is 6.29 Å². The molecule has 1 aliphatic rings. The van der Waals surface area contributed by atoms with Crippen LogP contribution in [0.5, 0.6) is 0 Å². The van der Waals surface area contributed by atoms with Crippen molar-refractivity contribution in [2.24, 2.45) is 4.99 Å². The van der Waals surface area contributed by atoms with E-state index in [1.807, 2.05) is 66.8 Å². The van der Waals surface area contributed by atoms with Crippen molar-refractivity contribution in [3.8, 4) is 0 Å². The Bertz CT molecular complexity index is 1110. The number of carbonyl (C=O) groups is 1. The summed E-state index contributed by atoms with van der Waals surface area (Å²) in [6.45, 7) is 15.8. The number of nitrogens with one attached hydrogen (secondary N) is 2. The average Bonchev–Trinajstić information content (AvgIpc) is 3.55. The fourth-order valence-corrected chi connectivity index (χ4v) is 3.76. The summed E-state index contributed by atoms with van der Waals surface area (Å²) in [5, 5.41) is 4.20. The minimum Gasteiger partial charge on any atom is -0.377 e. The quantitative estimate of drug-likeness (QED) is 0.324. The summed E-state index contributed by atoms with van der Waals surface area (Å²) in [6, 6.07) is 7.91. The second kappa shape index (κ2) is 17.3. The number of fused-ring (bicyclic) bond motifs is 1. The highest BCUT2D eigenvalue weighted by Crippen LogP contribution is 2.20. The van der Waals surface area contributed by atoms with Crippen LogP contribution in [0.4, 0.5) is 0 Å². The monoisotopic (exact) mass is 493 g/mol. The molecule has 3 heterocycles. The lowest BCUT2D eigenvalue weighted by Crippen LogP contribution is -2.22. The van der Waals surface area contributed by atoms with Gasteiger partial charge in [0.1, 0.15) is 5.82 Å². The van der Waals surface area contributed by atoms with E-state index in [1.54, 1.807) is 12.4 Å². The van der Waals surface area contributed by atoms with Gasteiger partial charge in [-0.2, -0.15) is 0 Å². The number of ether oxygens (including phenoxy) is 1. The standard InChI is InChI=1S/C11H11NO.C10H13N3.C6H13NO.C2H6/c1-7-3-8(2)11-9(4-7)5-10(6-13)12-11;1-4-9(11-5-2)10-6-7-12-8(3)13-10;1-7-5-6-3-2-4-8-6;1-2/h3-6,12H,1-2H3;4-7H,1-3H3;6-7H,2-5H2,1H3;1-2H3/b;9-4-,11-5?;;. The smallest absolute Gasteiger partial charge is 0.166 e. The number of allylic oxidation sites excluding steroid dienone is 1. The number of H-pyrrole nitrogens is 1. The van der Waals surface area contributed by atoms with Gasteiger partial charge in [-0.3, -0.25) is 9.79 Å². The third-order valence-electron chi connectivity index (χ3n) is 5.25. The molecule has 2 aromatic heterocycles. The van der Waals surface area contributed by atoms with E-state index in [0.29, 0.717) is 11.8 Å². The lowest BCUT2D eigenvalue weighted by atomic mass is 10.1. The van der Waals surface area contributed by atoms with Crippen LogP contribution in [0.1, 0.15) is 73.7 Å². The van der Waals surface area contributed by atoms with Gasteiger partial charge in [-0.15, -0.1) is 0 Å². The number of nitrogens with zero attached hydrogens (tertiary/aromatic N) is 3. The molecule has 1 aliphatic heterocycles. The maximum absolute atomic E-state index is 10.5. The molecule has 1 aromatic carbocycles. The third kappa shape index (κ3) is 10.2. The van der Waals surface area contributed by atoms with Crippen LogP contribution in [0.3, 0.4) is 0 Å². The van der Waals surface area contributed by atoms with E-state index >= 15 is 0 Å². The number of aldehydes is 1. The predicted octanol–water partition coefficient (Wildman–Crippen LogP) is 6.24. The van der Waals surface area contributed by atoms with E-state index in [9.17, 15) is 4.79 Å². The predicted molar refractivity (Wildman–Crippen MR) is 152 cm³/mol. The van der Waals surface area contributed by atoms with Gasteiger partial charge in [0.2, 0.25) is 0 Å². The SMILES string of the molecule is CC.CC=N/C(=C\C)c1ccnc(C)n1.CNCC1CCCO1.Cc1cc(C)c2[nH]c(C=O)cc2c1. The van der Waals surface area contributed by atoms with Crippen LogP contribution < -0.4 is 5.32 Å². The highest BCUT2D eigenvalue weighted by Gasteiger charge is 2.13. The third-order valence-corrected chi connectivity index (χ3v) is 5.25. The van der Waals surface area contributed by atoms with Gasteiger partial charge >= 0.3 is 0 Å². The Hall–Kier alpha value is -3.16. The maximum atomic E-state index is 10.5. The van der Waals surface area contributed by atoms with E-state index in [1.165, 1.54) is 24.0 Å². The van der Waals surface area contributed by atoms with Crippen LogP contribution in [0.2, 0.25) is 0 Å². The Kier molecular flexibility index (Phi) is 14.8. The number of carbonyl (C=O) groups excluding carboxylic acids is 1. The van der Waals surface area contributed by atoms with E-state index < -0.39 is 0 Å². The molecule has 36 heavy (non-hydrogen) atoms. The second-order valence-electron chi connectivity index (χ2n) is 8.13. The summed E-state index contributed by atoms with van der Waals surface area (Å²) in [7, 11) is 1.96. The summed E-state index contributed by atoms with van der Waals surface area (Å²) >= 11 is 0. The summed E-state index contributed by atoms with van der Waals surface area (Å²) in [4.78, 5) is 26.1. The van der Waals surface area contributed by atoms with Crippen molar-refractivity contribution in [1.29, 1.82) is 0 Å². The first-order valence-corrected chi connectivity index (χ1v) is 12.7. The van der Waals surface area contributed by atoms with Gasteiger partial charge in [0.25, 0.3) is 0 Å². The lowest BCUT2D eigenvalue weighted by Gasteiger charge is -2.05. The molecule has 0 radical (unpaired) electrons. The molecule has 1 fully saturated rings. The fraction of sp³-hybridized carbons (Fsp3) is 0.448. The number of benzene rings is 1. The summed E-state index contributed by atoms with van der Waals surface area (Å²) in [5.41, 5.74) is 5.86. The van der Waals surface area contributed by atoms with Crippen LogP contribution in [-0.2, 0) is 4.74 Å². The number of aromatic amines is 1. The van der Waals surface area contributed by atoms with Crippen LogP contribution in [0.25, 0.3) is 16.6 Å². The fourth-order valence-electron chi connectivity index (χ4n) is 3.76. The Morgan fingerprint density at radius 2 is 1.97 bits per heavy atom. The van der Waals surface area contributed by atoms with E-state index in [-0.39, 0.29) is 0 Å². The topological polar surface area (TPSA) is 92.3 Å². The first kappa shape index (κ1) is 30.9. The molecule has 196 valence electrons. The molecule has 3 aromatic rings. The van der Waals surface area contributed by atoms with Gasteiger partial charge in [0.05, 0.1) is 23.2 Å². The number of aryl methyl sites for hydroxylation is 3. The number of likely N-dealkylation sites (N-methyl/N-ethyl adjacent to an activating group) is 1. The summed E-state index contributed by atoms with van der Waals surface area (Å²) in [5.74, 6) is 0.767. The van der Waals surface area contributed by atoms with E-state index in [0.717, 1.165) is 47.6 Å². The maximum Gasteiger partial charge on any atom is 0.166 e. The molecular formula is C29H43N5O2. The zero-order chi connectivity index (χ0) is 26.9. The van der Waals surface area contributed by atoms with E-state index in [4.69, 9.17) is 4.74 Å². The van der Waals surface area contributed by atoms with E-state index in [2.05, 4.69) is 44.3 Å². The average molecular weight is 494 g/mol. The summed E-state index contributed by atoms with van der Waals surface area (Å²) in [6.07, 6.45) is 9.25. The minimum atomic E-state index is 0.500. The number of aromatic nitrogens is 3. The van der Waals surface area contributed by atoms with Crippen molar-refractivity contribution < 1.29 is 9.53 Å². The highest BCUT2D eigenvalue weighted by atomic mass is 16.5. The molecule has 0 aliphatic carbocycles. The molecule has 1 unspecified atom stereocenters. The van der Waals surface area contributed by atoms with Gasteiger partial charge in [-0.1, -0.05) is 31.6 Å². The van der Waals surface area contributed by atoms with Crippen LogP contribution >= 0.6 is 0 Å². The molecule has 1 saturated heterocycles. The number of hydrogen-bond donors (Lipinski definition) is 2. The molecule has 0 amide bonds. The Labute approximate surface area is 216 Å². The molecule has 1 atom stereocenters. The van der Waals surface area contributed by atoms with Crippen molar-refractivity contribution in [3.63, 3.8) is 0 Å². The highest BCUT2D eigenvalue weighted by molar-refractivity contribution is 5.90. The molecular weight excluding hydrogens is 450 g/mol. The number of aliphatic imine (C=N–C) groups is 1. The van der Waals surface area contributed by atoms with Crippen molar-refractivity contribution >= 4 is 29.1 Å². The Morgan fingerprint density at radius 3 is 2.53 bits per heavy atom. The molecule has 0 saturated carbocycles. The van der Waals surface area contributed by atoms with Crippen molar-refractivity contribution in [2.45, 2.75) is 67.4 Å².